The third kappa shape index (κ3) is 4.92. The molecule has 1 aromatic carbocycles. The second kappa shape index (κ2) is 7.16. The van der Waals surface area contributed by atoms with Gasteiger partial charge in [-0.2, -0.15) is 5.10 Å². The summed E-state index contributed by atoms with van der Waals surface area (Å²) in [6.45, 7) is 0.375. The first-order valence-corrected chi connectivity index (χ1v) is 7.20. The Bertz CT molecular complexity index is 515. The summed E-state index contributed by atoms with van der Waals surface area (Å²) in [6.07, 6.45) is 1.41. The van der Waals surface area contributed by atoms with Crippen LogP contribution >= 0.6 is 23.4 Å². The lowest BCUT2D eigenvalue weighted by Crippen LogP contribution is -2.25. The number of H-pyrrole nitrogens is 1. The van der Waals surface area contributed by atoms with Crippen LogP contribution in [0.4, 0.5) is 0 Å². The van der Waals surface area contributed by atoms with Crippen LogP contribution in [0.15, 0.2) is 30.6 Å². The molecule has 1 amide bonds. The van der Waals surface area contributed by atoms with Crippen molar-refractivity contribution in [3.8, 4) is 0 Å². The van der Waals surface area contributed by atoms with E-state index in [1.54, 1.807) is 11.8 Å². The van der Waals surface area contributed by atoms with Crippen molar-refractivity contribution in [2.45, 2.75) is 12.3 Å². The molecular weight excluding hydrogens is 284 g/mol. The van der Waals surface area contributed by atoms with Crippen LogP contribution in [0.1, 0.15) is 11.4 Å². The fourth-order valence-electron chi connectivity index (χ4n) is 1.39. The number of rotatable bonds is 6. The van der Waals surface area contributed by atoms with Crippen LogP contribution in [0.3, 0.4) is 0 Å². The number of hydrogen-bond acceptors (Lipinski definition) is 4. The SMILES string of the molecule is O=C(CSCc1ccc(Cl)cc1)NCc1ncn[nH]1. The maximum atomic E-state index is 11.6. The summed E-state index contributed by atoms with van der Waals surface area (Å²) in [7, 11) is 0. The van der Waals surface area contributed by atoms with Crippen molar-refractivity contribution < 1.29 is 4.79 Å². The predicted molar refractivity (Wildman–Crippen MR) is 75.8 cm³/mol. The van der Waals surface area contributed by atoms with Crippen LogP contribution in [-0.2, 0) is 17.1 Å². The van der Waals surface area contributed by atoms with Gasteiger partial charge >= 0.3 is 0 Å². The number of halogens is 1. The quantitative estimate of drug-likeness (QED) is 0.855. The molecule has 0 saturated carbocycles. The van der Waals surface area contributed by atoms with E-state index in [0.717, 1.165) is 16.3 Å². The Labute approximate surface area is 120 Å². The van der Waals surface area contributed by atoms with Gasteiger partial charge in [-0.15, -0.1) is 11.8 Å². The Morgan fingerprint density at radius 1 is 1.37 bits per heavy atom. The number of amides is 1. The first kappa shape index (κ1) is 13.9. The summed E-state index contributed by atoms with van der Waals surface area (Å²) in [6, 6.07) is 7.62. The van der Waals surface area contributed by atoms with Crippen LogP contribution in [0.5, 0.6) is 0 Å². The summed E-state index contributed by atoms with van der Waals surface area (Å²) in [5.41, 5.74) is 1.15. The molecule has 0 aliphatic rings. The van der Waals surface area contributed by atoms with Gasteiger partial charge < -0.3 is 5.32 Å². The Hall–Kier alpha value is -1.53. The maximum absolute atomic E-state index is 11.6. The first-order valence-electron chi connectivity index (χ1n) is 5.67. The number of thioether (sulfide) groups is 1. The number of carbonyl (C=O) groups excluding carboxylic acids is 1. The van der Waals surface area contributed by atoms with Crippen molar-refractivity contribution >= 4 is 29.3 Å². The normalized spacial score (nSPS) is 10.4. The van der Waals surface area contributed by atoms with Crippen LogP contribution in [0, 0.1) is 0 Å². The lowest BCUT2D eigenvalue weighted by Gasteiger charge is -2.03. The standard InChI is InChI=1S/C12H13ClN4OS/c13-10-3-1-9(2-4-10)6-19-7-12(18)14-5-11-15-8-16-17-11/h1-4,8H,5-7H2,(H,14,18)(H,15,16,17). The largest absolute Gasteiger partial charge is 0.348 e. The molecule has 0 radical (unpaired) electrons. The van der Waals surface area contributed by atoms with Gasteiger partial charge in [0.05, 0.1) is 12.3 Å². The minimum Gasteiger partial charge on any atom is -0.348 e. The Morgan fingerprint density at radius 3 is 2.84 bits per heavy atom. The highest BCUT2D eigenvalue weighted by atomic mass is 35.5. The Balaban J connectivity index is 1.65. The molecule has 0 bridgehead atoms. The second-order valence-electron chi connectivity index (χ2n) is 3.83. The molecule has 0 aliphatic carbocycles. The Kier molecular flexibility index (Phi) is 5.23. The fraction of sp³-hybridized carbons (Fsp3) is 0.250. The molecule has 0 saturated heterocycles. The summed E-state index contributed by atoms with van der Waals surface area (Å²) >= 11 is 7.36. The minimum atomic E-state index is -0.0182. The highest BCUT2D eigenvalue weighted by molar-refractivity contribution is 7.99. The zero-order valence-corrected chi connectivity index (χ0v) is 11.7. The molecule has 7 heteroatoms. The molecule has 5 nitrogen and oxygen atoms in total. The zero-order valence-electron chi connectivity index (χ0n) is 10.1. The van der Waals surface area contributed by atoms with Crippen LogP contribution in [-0.4, -0.2) is 26.8 Å². The second-order valence-corrected chi connectivity index (χ2v) is 5.25. The number of nitrogens with one attached hydrogen (secondary N) is 2. The van der Waals surface area contributed by atoms with Crippen LogP contribution in [0.25, 0.3) is 0 Å². The molecular formula is C12H13ClN4OS. The van der Waals surface area contributed by atoms with E-state index in [0.29, 0.717) is 18.1 Å². The molecule has 0 atom stereocenters. The molecule has 0 fully saturated rings. The molecule has 0 unspecified atom stereocenters. The molecule has 0 aliphatic heterocycles. The van der Waals surface area contributed by atoms with E-state index in [4.69, 9.17) is 11.6 Å². The molecule has 1 heterocycles. The molecule has 0 spiro atoms. The van der Waals surface area contributed by atoms with Crippen molar-refractivity contribution in [1.29, 1.82) is 0 Å². The number of hydrogen-bond donors (Lipinski definition) is 2. The third-order valence-corrected chi connectivity index (χ3v) is 3.59. The topological polar surface area (TPSA) is 70.7 Å². The predicted octanol–water partition coefficient (Wildman–Crippen LogP) is 2.01. The van der Waals surface area contributed by atoms with Gasteiger partial charge in [-0.25, -0.2) is 4.98 Å². The van der Waals surface area contributed by atoms with Gasteiger partial charge in [0.25, 0.3) is 0 Å². The Morgan fingerprint density at radius 2 is 2.16 bits per heavy atom. The smallest absolute Gasteiger partial charge is 0.230 e. The van der Waals surface area contributed by atoms with Crippen molar-refractivity contribution in [3.05, 3.63) is 47.0 Å². The van der Waals surface area contributed by atoms with Crippen LogP contribution < -0.4 is 5.32 Å². The average Bonchev–Trinajstić information content (AvgIpc) is 2.92. The highest BCUT2D eigenvalue weighted by Crippen LogP contribution is 2.15. The summed E-state index contributed by atoms with van der Waals surface area (Å²) in [5.74, 6) is 1.83. The monoisotopic (exact) mass is 296 g/mol. The lowest BCUT2D eigenvalue weighted by atomic mass is 10.2. The van der Waals surface area contributed by atoms with E-state index < -0.39 is 0 Å². The molecule has 19 heavy (non-hydrogen) atoms. The van der Waals surface area contributed by atoms with Crippen molar-refractivity contribution in [2.24, 2.45) is 0 Å². The van der Waals surface area contributed by atoms with E-state index >= 15 is 0 Å². The van der Waals surface area contributed by atoms with E-state index in [9.17, 15) is 4.79 Å². The number of aromatic amines is 1. The molecule has 1 aromatic heterocycles. The summed E-state index contributed by atoms with van der Waals surface area (Å²) < 4.78 is 0. The lowest BCUT2D eigenvalue weighted by molar-refractivity contribution is -0.118. The van der Waals surface area contributed by atoms with Crippen molar-refractivity contribution in [3.63, 3.8) is 0 Å². The van der Waals surface area contributed by atoms with E-state index in [2.05, 4.69) is 20.5 Å². The van der Waals surface area contributed by atoms with E-state index in [1.165, 1.54) is 6.33 Å². The molecule has 100 valence electrons. The van der Waals surface area contributed by atoms with E-state index in [1.807, 2.05) is 24.3 Å². The fourth-order valence-corrected chi connectivity index (χ4v) is 2.34. The zero-order chi connectivity index (χ0) is 13.5. The summed E-state index contributed by atoms with van der Waals surface area (Å²) in [5, 5.41) is 9.88. The average molecular weight is 297 g/mol. The van der Waals surface area contributed by atoms with Gasteiger partial charge in [0, 0.05) is 10.8 Å². The van der Waals surface area contributed by atoms with Gasteiger partial charge in [-0.3, -0.25) is 9.89 Å². The highest BCUT2D eigenvalue weighted by Gasteiger charge is 2.03. The number of carbonyl (C=O) groups is 1. The van der Waals surface area contributed by atoms with Gasteiger partial charge in [0.2, 0.25) is 5.91 Å². The minimum absolute atomic E-state index is 0.0182. The van der Waals surface area contributed by atoms with Gasteiger partial charge in [-0.1, -0.05) is 23.7 Å². The summed E-state index contributed by atoms with van der Waals surface area (Å²) in [4.78, 5) is 15.5. The maximum Gasteiger partial charge on any atom is 0.230 e. The molecule has 2 rings (SSSR count). The number of aromatic nitrogens is 3. The number of benzene rings is 1. The molecule has 2 aromatic rings. The number of nitrogens with zero attached hydrogens (tertiary/aromatic N) is 2. The van der Waals surface area contributed by atoms with Gasteiger partial charge in [0.15, 0.2) is 0 Å². The van der Waals surface area contributed by atoms with Crippen LogP contribution in [0.2, 0.25) is 5.02 Å². The third-order valence-electron chi connectivity index (χ3n) is 2.33. The van der Waals surface area contributed by atoms with Gasteiger partial charge in [-0.05, 0) is 17.7 Å². The first-order chi connectivity index (χ1) is 9.24. The van der Waals surface area contributed by atoms with Gasteiger partial charge in [0.1, 0.15) is 12.2 Å². The van der Waals surface area contributed by atoms with E-state index in [-0.39, 0.29) is 5.91 Å². The van der Waals surface area contributed by atoms with Crippen molar-refractivity contribution in [2.75, 3.05) is 5.75 Å². The molecule has 2 N–H and O–H groups in total. The van der Waals surface area contributed by atoms with Crippen molar-refractivity contribution in [1.82, 2.24) is 20.5 Å².